The second kappa shape index (κ2) is 10.0. The highest BCUT2D eigenvalue weighted by molar-refractivity contribution is 6.03. The fourth-order valence-electron chi connectivity index (χ4n) is 4.87. The van der Waals surface area contributed by atoms with Crippen molar-refractivity contribution in [3.05, 3.63) is 59.4 Å². The maximum absolute atomic E-state index is 13.6. The summed E-state index contributed by atoms with van der Waals surface area (Å²) in [5, 5.41) is 6.17. The Balaban J connectivity index is 1.42. The molecule has 0 radical (unpaired) electrons. The predicted molar refractivity (Wildman–Crippen MR) is 126 cm³/mol. The highest BCUT2D eigenvalue weighted by atomic mass is 19.1. The molecule has 184 valence electrons. The van der Waals surface area contributed by atoms with Crippen LogP contribution in [0.2, 0.25) is 0 Å². The van der Waals surface area contributed by atoms with Gasteiger partial charge in [0.2, 0.25) is 6.79 Å². The number of hydrogen-bond donors (Lipinski definition) is 0. The maximum atomic E-state index is 13.6. The van der Waals surface area contributed by atoms with E-state index in [-0.39, 0.29) is 37.1 Å². The molecular formula is C26H28FN3O5. The molecule has 1 saturated heterocycles. The van der Waals surface area contributed by atoms with Gasteiger partial charge in [0.25, 0.3) is 5.91 Å². The number of carbonyl (C=O) groups is 2. The lowest BCUT2D eigenvalue weighted by atomic mass is 9.98. The maximum Gasteiger partial charge on any atom is 0.323 e. The van der Waals surface area contributed by atoms with Gasteiger partial charge in [-0.1, -0.05) is 24.6 Å². The number of rotatable bonds is 6. The predicted octanol–water partition coefficient (Wildman–Crippen LogP) is 3.65. The van der Waals surface area contributed by atoms with Crippen LogP contribution in [0.3, 0.4) is 0 Å². The number of nitrogens with zero attached hydrogens (tertiary/aromatic N) is 3. The first-order chi connectivity index (χ1) is 17.0. The number of fused-ring (bicyclic) bond motifs is 1. The van der Waals surface area contributed by atoms with Gasteiger partial charge < -0.3 is 14.2 Å². The van der Waals surface area contributed by atoms with Crippen LogP contribution in [-0.2, 0) is 14.3 Å². The summed E-state index contributed by atoms with van der Waals surface area (Å²) in [4.78, 5) is 28.0. The van der Waals surface area contributed by atoms with Crippen LogP contribution in [-0.4, -0.2) is 60.0 Å². The second-order valence-corrected chi connectivity index (χ2v) is 8.86. The molecule has 8 nitrogen and oxygen atoms in total. The summed E-state index contributed by atoms with van der Waals surface area (Å²) in [6.45, 7) is 2.95. The minimum Gasteiger partial charge on any atom is -0.465 e. The number of carbonyl (C=O) groups excluding carboxylic acids is 2. The molecular weight excluding hydrogens is 453 g/mol. The van der Waals surface area contributed by atoms with Crippen LogP contribution in [0.25, 0.3) is 0 Å². The van der Waals surface area contributed by atoms with E-state index in [1.165, 1.54) is 17.1 Å². The average molecular weight is 482 g/mol. The van der Waals surface area contributed by atoms with E-state index in [4.69, 9.17) is 14.2 Å². The van der Waals surface area contributed by atoms with E-state index in [1.54, 1.807) is 19.1 Å². The molecule has 2 atom stereocenters. The van der Waals surface area contributed by atoms with E-state index >= 15 is 0 Å². The van der Waals surface area contributed by atoms with E-state index < -0.39 is 6.04 Å². The summed E-state index contributed by atoms with van der Waals surface area (Å²) in [5.41, 5.74) is 2.32. The van der Waals surface area contributed by atoms with Gasteiger partial charge in [-0.25, -0.2) is 9.40 Å². The Morgan fingerprint density at radius 3 is 2.71 bits per heavy atom. The van der Waals surface area contributed by atoms with Gasteiger partial charge in [-0.05, 0) is 61.7 Å². The minimum atomic E-state index is -0.431. The number of amides is 1. The van der Waals surface area contributed by atoms with E-state index in [1.807, 2.05) is 23.1 Å². The molecule has 0 aliphatic carbocycles. The molecule has 1 fully saturated rings. The summed E-state index contributed by atoms with van der Waals surface area (Å²) < 4.78 is 29.7. The first-order valence-electron chi connectivity index (χ1n) is 12.0. The molecule has 0 aromatic heterocycles. The summed E-state index contributed by atoms with van der Waals surface area (Å²) in [6.07, 6.45) is 2.98. The van der Waals surface area contributed by atoms with Crippen molar-refractivity contribution in [1.29, 1.82) is 0 Å². The average Bonchev–Trinajstić information content (AvgIpc) is 3.52. The molecule has 35 heavy (non-hydrogen) atoms. The fourth-order valence-corrected chi connectivity index (χ4v) is 4.87. The first kappa shape index (κ1) is 23.3. The number of esters is 1. The molecule has 3 aliphatic heterocycles. The number of likely N-dealkylation sites (tertiary alicyclic amines) is 1. The van der Waals surface area contributed by atoms with Gasteiger partial charge in [0, 0.05) is 6.42 Å². The normalized spacial score (nSPS) is 21.7. The zero-order valence-corrected chi connectivity index (χ0v) is 19.6. The van der Waals surface area contributed by atoms with Crippen molar-refractivity contribution >= 4 is 17.6 Å². The van der Waals surface area contributed by atoms with E-state index in [9.17, 15) is 14.0 Å². The Bertz CT molecular complexity index is 1140. The molecule has 3 aliphatic rings. The molecule has 0 saturated carbocycles. The molecule has 0 N–H and O–H groups in total. The van der Waals surface area contributed by atoms with E-state index in [0.29, 0.717) is 43.2 Å². The Morgan fingerprint density at radius 2 is 1.91 bits per heavy atom. The smallest absolute Gasteiger partial charge is 0.323 e. The van der Waals surface area contributed by atoms with Crippen LogP contribution in [0, 0.1) is 5.82 Å². The van der Waals surface area contributed by atoms with Crippen LogP contribution in [0.4, 0.5) is 4.39 Å². The SMILES string of the molecule is CCOC(=O)[C@@H]1CCCCN1CC(=O)N1N=C(c2ccc(F)cc2)C[C@@H]1c1ccc2c(c1)OCO2. The number of hydrogen-bond acceptors (Lipinski definition) is 7. The van der Waals surface area contributed by atoms with Gasteiger partial charge in [0.15, 0.2) is 11.5 Å². The molecule has 1 amide bonds. The van der Waals surface area contributed by atoms with Crippen LogP contribution >= 0.6 is 0 Å². The Morgan fingerprint density at radius 1 is 1.11 bits per heavy atom. The van der Waals surface area contributed by atoms with Gasteiger partial charge in [-0.2, -0.15) is 5.10 Å². The number of piperidine rings is 1. The van der Waals surface area contributed by atoms with Crippen molar-refractivity contribution in [2.45, 2.75) is 44.7 Å². The zero-order valence-electron chi connectivity index (χ0n) is 19.6. The lowest BCUT2D eigenvalue weighted by Gasteiger charge is -2.34. The molecule has 5 rings (SSSR count). The minimum absolute atomic E-state index is 0.0602. The molecule has 0 spiro atoms. The molecule has 3 heterocycles. The number of ether oxygens (including phenoxy) is 3. The van der Waals surface area contributed by atoms with Crippen molar-refractivity contribution in [3.8, 4) is 11.5 Å². The van der Waals surface area contributed by atoms with Crippen molar-refractivity contribution < 1.29 is 28.2 Å². The van der Waals surface area contributed by atoms with Gasteiger partial charge in [0.05, 0.1) is 24.9 Å². The van der Waals surface area contributed by atoms with Crippen molar-refractivity contribution in [2.24, 2.45) is 5.10 Å². The van der Waals surface area contributed by atoms with Gasteiger partial charge in [-0.3, -0.25) is 14.5 Å². The summed E-state index contributed by atoms with van der Waals surface area (Å²) >= 11 is 0. The van der Waals surface area contributed by atoms with Crippen molar-refractivity contribution in [3.63, 3.8) is 0 Å². The number of hydrazone groups is 1. The lowest BCUT2D eigenvalue weighted by molar-refractivity contribution is -0.152. The second-order valence-electron chi connectivity index (χ2n) is 8.86. The van der Waals surface area contributed by atoms with Gasteiger partial charge >= 0.3 is 5.97 Å². The first-order valence-corrected chi connectivity index (χ1v) is 12.0. The highest BCUT2D eigenvalue weighted by Gasteiger charge is 2.37. The topological polar surface area (TPSA) is 80.7 Å². The quantitative estimate of drug-likeness (QED) is 0.586. The van der Waals surface area contributed by atoms with E-state index in [0.717, 1.165) is 24.0 Å². The molecule has 0 unspecified atom stereocenters. The third-order valence-electron chi connectivity index (χ3n) is 6.64. The third-order valence-corrected chi connectivity index (χ3v) is 6.64. The summed E-state index contributed by atoms with van der Waals surface area (Å²) in [7, 11) is 0. The molecule has 2 aromatic rings. The van der Waals surface area contributed by atoms with Gasteiger partial charge in [-0.15, -0.1) is 0 Å². The Hall–Kier alpha value is -3.46. The van der Waals surface area contributed by atoms with Crippen LogP contribution in [0.5, 0.6) is 11.5 Å². The monoisotopic (exact) mass is 481 g/mol. The van der Waals surface area contributed by atoms with Gasteiger partial charge in [0.1, 0.15) is 11.9 Å². The number of halogens is 1. The number of benzene rings is 2. The molecule has 0 bridgehead atoms. The third kappa shape index (κ3) is 4.86. The zero-order chi connectivity index (χ0) is 24.4. The van der Waals surface area contributed by atoms with Crippen LogP contribution in [0.1, 0.15) is 49.8 Å². The molecule has 9 heteroatoms. The Kier molecular flexibility index (Phi) is 6.68. The van der Waals surface area contributed by atoms with Crippen LogP contribution < -0.4 is 9.47 Å². The Labute approximate surface area is 203 Å². The van der Waals surface area contributed by atoms with Crippen molar-refractivity contribution in [1.82, 2.24) is 9.91 Å². The summed E-state index contributed by atoms with van der Waals surface area (Å²) in [6, 6.07) is 10.9. The lowest BCUT2D eigenvalue weighted by Crippen LogP contribution is -2.49. The van der Waals surface area contributed by atoms with E-state index in [2.05, 4.69) is 5.10 Å². The highest BCUT2D eigenvalue weighted by Crippen LogP contribution is 2.39. The largest absolute Gasteiger partial charge is 0.465 e. The fraction of sp³-hybridized carbons (Fsp3) is 0.423. The standard InChI is InChI=1S/C26H28FN3O5/c1-2-33-26(32)21-5-3-4-12-29(21)15-25(31)30-22(18-8-11-23-24(13-18)35-16-34-23)14-20(28-30)17-6-9-19(27)10-7-17/h6-11,13,21-22H,2-5,12,14-16H2,1H3/t21-,22+/m0/s1. The van der Waals surface area contributed by atoms with Crippen molar-refractivity contribution in [2.75, 3.05) is 26.5 Å². The molecule has 2 aromatic carbocycles. The van der Waals surface area contributed by atoms with Crippen LogP contribution in [0.15, 0.2) is 47.6 Å². The summed E-state index contributed by atoms with van der Waals surface area (Å²) in [5.74, 6) is 0.464.